The van der Waals surface area contributed by atoms with Crippen LogP contribution in [0.2, 0.25) is 0 Å². The predicted molar refractivity (Wildman–Crippen MR) is 130 cm³/mol. The van der Waals surface area contributed by atoms with Crippen molar-refractivity contribution in [3.63, 3.8) is 0 Å². The van der Waals surface area contributed by atoms with Gasteiger partial charge in [0.1, 0.15) is 23.4 Å². The molecular formula is C25H26F6N4O6. The summed E-state index contributed by atoms with van der Waals surface area (Å²) in [5, 5.41) is 6.71. The molecule has 0 radical (unpaired) electrons. The minimum atomic E-state index is -4.96. The van der Waals surface area contributed by atoms with Crippen LogP contribution in [0.1, 0.15) is 29.6 Å². The molecule has 1 aliphatic heterocycles. The topological polar surface area (TPSA) is 110 Å². The quantitative estimate of drug-likeness (QED) is 0.385. The molecule has 1 heterocycles. The second-order valence-electron chi connectivity index (χ2n) is 9.17. The Morgan fingerprint density at radius 3 is 2.27 bits per heavy atom. The number of benzene rings is 2. The second-order valence-corrected chi connectivity index (χ2v) is 9.17. The number of hydrazine groups is 1. The summed E-state index contributed by atoms with van der Waals surface area (Å²) in [5.74, 6) is -1.76. The number of alkyl halides is 6. The van der Waals surface area contributed by atoms with Gasteiger partial charge in [-0.1, -0.05) is 6.07 Å². The standard InChI is InChI=1S/C25H26F6N4O6/c26-24(27,28)40-18-3-1-2-15(13-18)32-23(37)33-16-4-5-17(12-16)39-21-7-6-19(41-25(29,30)31)14-20(21)22(36)34-35-8-10-38-11-9-35/h1-3,6-7,13-14,16-17H,4-5,8-12H2,(H,34,36)(H2,32,33,37). The van der Waals surface area contributed by atoms with Crippen molar-refractivity contribution in [3.8, 4) is 17.2 Å². The van der Waals surface area contributed by atoms with Gasteiger partial charge >= 0.3 is 18.8 Å². The van der Waals surface area contributed by atoms with Crippen molar-refractivity contribution in [1.82, 2.24) is 15.8 Å². The fraction of sp³-hybridized carbons (Fsp3) is 0.440. The van der Waals surface area contributed by atoms with Crippen LogP contribution < -0.4 is 30.3 Å². The van der Waals surface area contributed by atoms with Gasteiger partial charge < -0.3 is 29.6 Å². The van der Waals surface area contributed by atoms with Gasteiger partial charge in [-0.25, -0.2) is 9.80 Å². The number of nitrogens with one attached hydrogen (secondary N) is 3. The van der Waals surface area contributed by atoms with Gasteiger partial charge in [0.2, 0.25) is 0 Å². The summed E-state index contributed by atoms with van der Waals surface area (Å²) in [6, 6.07) is 6.91. The van der Waals surface area contributed by atoms with Crippen LogP contribution in [0.3, 0.4) is 0 Å². The van der Waals surface area contributed by atoms with Crippen LogP contribution in [0.4, 0.5) is 36.8 Å². The van der Waals surface area contributed by atoms with Gasteiger partial charge in [-0.15, -0.1) is 26.3 Å². The van der Waals surface area contributed by atoms with E-state index >= 15 is 0 Å². The van der Waals surface area contributed by atoms with Crippen molar-refractivity contribution in [2.45, 2.75) is 44.1 Å². The Morgan fingerprint density at radius 2 is 1.59 bits per heavy atom. The molecule has 2 aromatic carbocycles. The molecule has 2 aliphatic rings. The Bertz CT molecular complexity index is 1220. The Labute approximate surface area is 229 Å². The number of anilines is 1. The van der Waals surface area contributed by atoms with Gasteiger partial charge in [-0.3, -0.25) is 10.2 Å². The molecule has 2 atom stereocenters. The van der Waals surface area contributed by atoms with E-state index in [1.807, 2.05) is 0 Å². The molecule has 4 rings (SSSR count). The van der Waals surface area contributed by atoms with Crippen LogP contribution in [-0.2, 0) is 4.74 Å². The molecule has 16 heteroatoms. The predicted octanol–water partition coefficient (Wildman–Crippen LogP) is 4.58. The van der Waals surface area contributed by atoms with Gasteiger partial charge in [0.05, 0.1) is 18.8 Å². The van der Waals surface area contributed by atoms with Crippen molar-refractivity contribution in [1.29, 1.82) is 0 Å². The van der Waals surface area contributed by atoms with E-state index in [2.05, 4.69) is 25.5 Å². The highest BCUT2D eigenvalue weighted by Gasteiger charge is 2.33. The molecule has 0 bridgehead atoms. The normalized spacial score (nSPS) is 19.8. The summed E-state index contributed by atoms with van der Waals surface area (Å²) in [7, 11) is 0. The third-order valence-corrected chi connectivity index (χ3v) is 6.04. The monoisotopic (exact) mass is 592 g/mol. The lowest BCUT2D eigenvalue weighted by molar-refractivity contribution is -0.275. The number of urea groups is 1. The first-order valence-electron chi connectivity index (χ1n) is 12.5. The summed E-state index contributed by atoms with van der Waals surface area (Å²) in [6.07, 6.45) is -9.11. The van der Waals surface area contributed by atoms with Crippen LogP contribution in [0, 0.1) is 0 Å². The number of hydrogen-bond donors (Lipinski definition) is 3. The number of halogens is 6. The van der Waals surface area contributed by atoms with Crippen molar-refractivity contribution in [3.05, 3.63) is 48.0 Å². The van der Waals surface area contributed by atoms with Gasteiger partial charge in [0, 0.05) is 37.3 Å². The van der Waals surface area contributed by atoms with Crippen LogP contribution in [0.5, 0.6) is 17.2 Å². The van der Waals surface area contributed by atoms with Gasteiger partial charge in [0.15, 0.2) is 0 Å². The Kier molecular flexibility index (Phi) is 9.32. The maximum absolute atomic E-state index is 13.0. The van der Waals surface area contributed by atoms with Crippen molar-refractivity contribution in [2.24, 2.45) is 0 Å². The van der Waals surface area contributed by atoms with E-state index in [-0.39, 0.29) is 23.0 Å². The van der Waals surface area contributed by atoms with Gasteiger partial charge in [-0.2, -0.15) is 0 Å². The van der Waals surface area contributed by atoms with Crippen LogP contribution in [0.15, 0.2) is 42.5 Å². The van der Waals surface area contributed by atoms with E-state index in [4.69, 9.17) is 9.47 Å². The average Bonchev–Trinajstić information content (AvgIpc) is 3.30. The van der Waals surface area contributed by atoms with Crippen molar-refractivity contribution >= 4 is 17.6 Å². The minimum absolute atomic E-state index is 0.0295. The van der Waals surface area contributed by atoms with E-state index in [1.54, 1.807) is 5.01 Å². The maximum atomic E-state index is 13.0. The summed E-state index contributed by atoms with van der Waals surface area (Å²) < 4.78 is 94.7. The molecule has 2 aromatic rings. The largest absolute Gasteiger partial charge is 0.573 e. The zero-order valence-electron chi connectivity index (χ0n) is 21.3. The summed E-state index contributed by atoms with van der Waals surface area (Å²) in [4.78, 5) is 25.4. The zero-order chi connectivity index (χ0) is 29.6. The molecule has 3 amide bonds. The van der Waals surface area contributed by atoms with E-state index in [1.165, 1.54) is 18.2 Å². The third kappa shape index (κ3) is 9.60. The van der Waals surface area contributed by atoms with Crippen molar-refractivity contribution in [2.75, 3.05) is 31.6 Å². The molecule has 2 unspecified atom stereocenters. The minimum Gasteiger partial charge on any atom is -0.490 e. The number of carbonyl (C=O) groups is 2. The van der Waals surface area contributed by atoms with E-state index < -0.39 is 42.3 Å². The highest BCUT2D eigenvalue weighted by Crippen LogP contribution is 2.32. The SMILES string of the molecule is O=C(Nc1cccc(OC(F)(F)F)c1)NC1CCC(Oc2ccc(OC(F)(F)F)cc2C(=O)NN2CCOCC2)C1. The average molecular weight is 592 g/mol. The second kappa shape index (κ2) is 12.7. The molecule has 3 N–H and O–H groups in total. The lowest BCUT2D eigenvalue weighted by atomic mass is 10.1. The molecular weight excluding hydrogens is 566 g/mol. The third-order valence-electron chi connectivity index (χ3n) is 6.04. The number of morpholine rings is 1. The highest BCUT2D eigenvalue weighted by atomic mass is 19.4. The van der Waals surface area contributed by atoms with E-state index in [0.717, 1.165) is 24.3 Å². The van der Waals surface area contributed by atoms with Crippen LogP contribution >= 0.6 is 0 Å². The Hall–Kier alpha value is -3.92. The zero-order valence-corrected chi connectivity index (χ0v) is 21.3. The smallest absolute Gasteiger partial charge is 0.490 e. The first-order valence-corrected chi connectivity index (χ1v) is 12.5. The van der Waals surface area contributed by atoms with Gasteiger partial charge in [-0.05, 0) is 43.2 Å². The molecule has 2 fully saturated rings. The molecule has 41 heavy (non-hydrogen) atoms. The fourth-order valence-corrected chi connectivity index (χ4v) is 4.35. The van der Waals surface area contributed by atoms with Crippen molar-refractivity contribution < 1.29 is 54.9 Å². The van der Waals surface area contributed by atoms with Crippen LogP contribution in [-0.4, -0.2) is 68.1 Å². The summed E-state index contributed by atoms with van der Waals surface area (Å²) >= 11 is 0. The van der Waals surface area contributed by atoms with E-state index in [9.17, 15) is 35.9 Å². The number of rotatable bonds is 8. The molecule has 224 valence electrons. The molecule has 0 aromatic heterocycles. The highest BCUT2D eigenvalue weighted by molar-refractivity contribution is 5.97. The first kappa shape index (κ1) is 30.0. The number of nitrogens with zero attached hydrogens (tertiary/aromatic N) is 1. The molecule has 1 aliphatic carbocycles. The van der Waals surface area contributed by atoms with Crippen LogP contribution in [0.25, 0.3) is 0 Å². The number of amides is 3. The van der Waals surface area contributed by atoms with E-state index in [0.29, 0.717) is 45.6 Å². The molecule has 1 saturated carbocycles. The number of ether oxygens (including phenoxy) is 4. The first-order chi connectivity index (χ1) is 19.3. The molecule has 10 nitrogen and oxygen atoms in total. The lowest BCUT2D eigenvalue weighted by Gasteiger charge is -2.27. The molecule has 1 saturated heterocycles. The number of hydrogen-bond acceptors (Lipinski definition) is 7. The Morgan fingerprint density at radius 1 is 0.902 bits per heavy atom. The Balaban J connectivity index is 1.37. The maximum Gasteiger partial charge on any atom is 0.573 e. The van der Waals surface area contributed by atoms with Gasteiger partial charge in [0.25, 0.3) is 5.91 Å². The summed E-state index contributed by atoms with van der Waals surface area (Å²) in [5.41, 5.74) is 2.53. The molecule has 0 spiro atoms. The summed E-state index contributed by atoms with van der Waals surface area (Å²) in [6.45, 7) is 1.52. The number of carbonyl (C=O) groups excluding carboxylic acids is 2. The lowest BCUT2D eigenvalue weighted by Crippen LogP contribution is -2.48. The fourth-order valence-electron chi connectivity index (χ4n) is 4.35.